The second kappa shape index (κ2) is 3.35. The molecule has 60 valence electrons. The minimum atomic E-state index is 0.0556. The highest BCUT2D eigenvalue weighted by Crippen LogP contribution is 2.20. The topological polar surface area (TPSA) is 18.5 Å². The van der Waals surface area contributed by atoms with E-state index in [1.54, 1.807) is 0 Å². The van der Waals surface area contributed by atoms with Gasteiger partial charge in [0.05, 0.1) is 12.7 Å². The number of hydrogen-bond acceptors (Lipinski definition) is 2. The van der Waals surface area contributed by atoms with Gasteiger partial charge in [-0.1, -0.05) is 13.8 Å². The second-order valence-electron chi connectivity index (χ2n) is 3.03. The maximum atomic E-state index is 5.49. The predicted molar refractivity (Wildman–Crippen MR) is 39.7 cm³/mol. The van der Waals surface area contributed by atoms with Crippen LogP contribution in [0.5, 0.6) is 0 Å². The molecule has 3 atom stereocenters. The molecule has 0 aromatic heterocycles. The molecule has 2 nitrogen and oxygen atoms in total. The highest BCUT2D eigenvalue weighted by molar-refractivity contribution is 4.64. The van der Waals surface area contributed by atoms with Crippen molar-refractivity contribution in [2.45, 2.75) is 39.6 Å². The first kappa shape index (κ1) is 8.02. The van der Waals surface area contributed by atoms with Crippen LogP contribution in [0, 0.1) is 5.92 Å². The van der Waals surface area contributed by atoms with Crippen molar-refractivity contribution in [1.82, 2.24) is 0 Å². The molecule has 1 saturated heterocycles. The van der Waals surface area contributed by atoms with Crippen LogP contribution in [0.3, 0.4) is 0 Å². The van der Waals surface area contributed by atoms with Gasteiger partial charge in [-0.05, 0) is 13.3 Å². The van der Waals surface area contributed by atoms with E-state index in [2.05, 4.69) is 13.8 Å². The third-order valence-electron chi connectivity index (χ3n) is 1.97. The molecule has 0 aromatic rings. The van der Waals surface area contributed by atoms with Crippen LogP contribution in [-0.2, 0) is 9.47 Å². The molecule has 0 aliphatic carbocycles. The summed E-state index contributed by atoms with van der Waals surface area (Å²) in [5, 5.41) is 0. The van der Waals surface area contributed by atoms with Crippen LogP contribution < -0.4 is 0 Å². The number of ether oxygens (including phenoxy) is 2. The van der Waals surface area contributed by atoms with Crippen LogP contribution in [0.2, 0.25) is 0 Å². The van der Waals surface area contributed by atoms with Gasteiger partial charge in [-0.2, -0.15) is 0 Å². The standard InChI is InChI=1S/C8H16O2/c1-4-6(2)8-9-5-7(3)10-8/h6-8H,4-5H2,1-3H3/t6?,7-,8-/m1/s1. The molecule has 0 bridgehead atoms. The van der Waals surface area contributed by atoms with Gasteiger partial charge in [0.2, 0.25) is 0 Å². The molecule has 2 heteroatoms. The zero-order valence-electron chi connectivity index (χ0n) is 6.96. The highest BCUT2D eigenvalue weighted by Gasteiger charge is 2.26. The van der Waals surface area contributed by atoms with Gasteiger partial charge in [0.15, 0.2) is 6.29 Å². The predicted octanol–water partition coefficient (Wildman–Crippen LogP) is 1.79. The van der Waals surface area contributed by atoms with Gasteiger partial charge in [-0.3, -0.25) is 0 Å². The molecule has 1 unspecified atom stereocenters. The first-order valence-corrected chi connectivity index (χ1v) is 4.01. The normalized spacial score (nSPS) is 36.3. The van der Waals surface area contributed by atoms with Crippen LogP contribution in [0.1, 0.15) is 27.2 Å². The molecule has 0 radical (unpaired) electrons. The lowest BCUT2D eigenvalue weighted by molar-refractivity contribution is -0.0900. The Morgan fingerprint density at radius 2 is 2.30 bits per heavy atom. The molecule has 0 saturated carbocycles. The van der Waals surface area contributed by atoms with E-state index in [1.807, 2.05) is 6.92 Å². The van der Waals surface area contributed by atoms with Crippen molar-refractivity contribution in [3.8, 4) is 0 Å². The van der Waals surface area contributed by atoms with Gasteiger partial charge in [0.1, 0.15) is 0 Å². The summed E-state index contributed by atoms with van der Waals surface area (Å²) in [5.41, 5.74) is 0. The van der Waals surface area contributed by atoms with E-state index in [0.717, 1.165) is 13.0 Å². The molecule has 1 aliphatic heterocycles. The van der Waals surface area contributed by atoms with Gasteiger partial charge in [0.25, 0.3) is 0 Å². The van der Waals surface area contributed by atoms with Crippen LogP contribution in [0.15, 0.2) is 0 Å². The van der Waals surface area contributed by atoms with E-state index < -0.39 is 0 Å². The molecule has 10 heavy (non-hydrogen) atoms. The van der Waals surface area contributed by atoms with Gasteiger partial charge in [-0.25, -0.2) is 0 Å². The van der Waals surface area contributed by atoms with Gasteiger partial charge in [0, 0.05) is 5.92 Å². The zero-order chi connectivity index (χ0) is 7.56. The molecular weight excluding hydrogens is 128 g/mol. The Morgan fingerprint density at radius 1 is 1.60 bits per heavy atom. The van der Waals surface area contributed by atoms with Crippen LogP contribution in [0.25, 0.3) is 0 Å². The average molecular weight is 144 g/mol. The van der Waals surface area contributed by atoms with E-state index in [4.69, 9.17) is 9.47 Å². The van der Waals surface area contributed by atoms with E-state index in [9.17, 15) is 0 Å². The number of rotatable bonds is 2. The molecule has 0 spiro atoms. The summed E-state index contributed by atoms with van der Waals surface area (Å²) in [6.07, 6.45) is 1.47. The first-order valence-electron chi connectivity index (χ1n) is 4.01. The summed E-state index contributed by atoms with van der Waals surface area (Å²) < 4.78 is 10.9. The Labute approximate surface area is 62.5 Å². The third kappa shape index (κ3) is 1.70. The molecule has 1 rings (SSSR count). The molecule has 1 fully saturated rings. The maximum Gasteiger partial charge on any atom is 0.160 e. The fraction of sp³-hybridized carbons (Fsp3) is 1.00. The van der Waals surface area contributed by atoms with Crippen LogP contribution >= 0.6 is 0 Å². The summed E-state index contributed by atoms with van der Waals surface area (Å²) >= 11 is 0. The Balaban J connectivity index is 2.29. The number of hydrogen-bond donors (Lipinski definition) is 0. The Bertz CT molecular complexity index is 103. The largest absolute Gasteiger partial charge is 0.350 e. The lowest BCUT2D eigenvalue weighted by Gasteiger charge is -2.15. The lowest BCUT2D eigenvalue weighted by atomic mass is 10.1. The molecule has 1 aliphatic rings. The highest BCUT2D eigenvalue weighted by atomic mass is 16.7. The van der Waals surface area contributed by atoms with Gasteiger partial charge in [-0.15, -0.1) is 0 Å². The van der Waals surface area contributed by atoms with Crippen LogP contribution in [-0.4, -0.2) is 19.0 Å². The fourth-order valence-electron chi connectivity index (χ4n) is 1.03. The minimum Gasteiger partial charge on any atom is -0.350 e. The monoisotopic (exact) mass is 144 g/mol. The van der Waals surface area contributed by atoms with Crippen molar-refractivity contribution in [1.29, 1.82) is 0 Å². The van der Waals surface area contributed by atoms with Crippen molar-refractivity contribution >= 4 is 0 Å². The zero-order valence-corrected chi connectivity index (χ0v) is 6.96. The lowest BCUT2D eigenvalue weighted by Crippen LogP contribution is -2.18. The van der Waals surface area contributed by atoms with Gasteiger partial charge >= 0.3 is 0 Å². The smallest absolute Gasteiger partial charge is 0.160 e. The summed E-state index contributed by atoms with van der Waals surface area (Å²) in [5.74, 6) is 0.532. The minimum absolute atomic E-state index is 0.0556. The van der Waals surface area contributed by atoms with Crippen molar-refractivity contribution < 1.29 is 9.47 Å². The third-order valence-corrected chi connectivity index (χ3v) is 1.97. The maximum absolute atomic E-state index is 5.49. The molecule has 0 amide bonds. The van der Waals surface area contributed by atoms with E-state index in [0.29, 0.717) is 12.0 Å². The van der Waals surface area contributed by atoms with Crippen LogP contribution in [0.4, 0.5) is 0 Å². The summed E-state index contributed by atoms with van der Waals surface area (Å²) in [7, 11) is 0. The second-order valence-corrected chi connectivity index (χ2v) is 3.03. The SMILES string of the molecule is CCC(C)[C@@H]1OC[C@@H](C)O1. The molecule has 0 aromatic carbocycles. The molecule has 1 heterocycles. The van der Waals surface area contributed by atoms with E-state index in [1.165, 1.54) is 0 Å². The summed E-state index contributed by atoms with van der Waals surface area (Å²) in [6, 6.07) is 0. The Morgan fingerprint density at radius 3 is 2.70 bits per heavy atom. The fourth-order valence-corrected chi connectivity index (χ4v) is 1.03. The van der Waals surface area contributed by atoms with Crippen molar-refractivity contribution in [3.05, 3.63) is 0 Å². The van der Waals surface area contributed by atoms with Crippen molar-refractivity contribution in [2.75, 3.05) is 6.61 Å². The summed E-state index contributed by atoms with van der Waals surface area (Å²) in [6.45, 7) is 7.11. The Kier molecular flexibility index (Phi) is 2.69. The first-order chi connectivity index (χ1) is 4.74. The van der Waals surface area contributed by atoms with Crippen molar-refractivity contribution in [2.24, 2.45) is 5.92 Å². The van der Waals surface area contributed by atoms with Gasteiger partial charge < -0.3 is 9.47 Å². The molecular formula is C8H16O2. The van der Waals surface area contributed by atoms with E-state index >= 15 is 0 Å². The van der Waals surface area contributed by atoms with E-state index in [-0.39, 0.29) is 6.29 Å². The average Bonchev–Trinajstić information content (AvgIpc) is 2.34. The summed E-state index contributed by atoms with van der Waals surface area (Å²) in [4.78, 5) is 0. The Hall–Kier alpha value is -0.0800. The quantitative estimate of drug-likeness (QED) is 0.588. The molecule has 0 N–H and O–H groups in total. The van der Waals surface area contributed by atoms with Crippen molar-refractivity contribution in [3.63, 3.8) is 0 Å².